The van der Waals surface area contributed by atoms with Gasteiger partial charge in [0.2, 0.25) is 23.0 Å². The third kappa shape index (κ3) is 6.94. The summed E-state index contributed by atoms with van der Waals surface area (Å²) in [5, 5.41) is 21.1. The number of nitrogens with one attached hydrogen (secondary N) is 3. The lowest BCUT2D eigenvalue weighted by Gasteiger charge is -2.24. The van der Waals surface area contributed by atoms with Crippen LogP contribution in [0.25, 0.3) is 16.8 Å². The molecule has 13 nitrogen and oxygen atoms in total. The number of rotatable bonds is 12. The summed E-state index contributed by atoms with van der Waals surface area (Å²) in [6, 6.07) is 15.1. The molecule has 2 amide bonds. The third-order valence-electron chi connectivity index (χ3n) is 8.68. The molecule has 0 bridgehead atoms. The van der Waals surface area contributed by atoms with Crippen molar-refractivity contribution < 1.29 is 23.8 Å². The predicted molar refractivity (Wildman–Crippen MR) is 181 cm³/mol. The van der Waals surface area contributed by atoms with E-state index in [1.165, 1.54) is 20.1 Å². The molecule has 1 aromatic heterocycles. The number of hydrogen-bond donors (Lipinski definition) is 3. The molecule has 0 unspecified atom stereocenters. The summed E-state index contributed by atoms with van der Waals surface area (Å²) in [7, 11) is 4.65. The van der Waals surface area contributed by atoms with Crippen molar-refractivity contribution in [3.05, 3.63) is 81.8 Å². The number of nitrogens with zero attached hydrogens (tertiary/aromatic N) is 4. The highest BCUT2D eigenvalue weighted by Crippen LogP contribution is 2.50. The molecule has 3 aromatic carbocycles. The van der Waals surface area contributed by atoms with Gasteiger partial charge in [-0.25, -0.2) is 0 Å². The lowest BCUT2D eigenvalue weighted by atomic mass is 9.95. The van der Waals surface area contributed by atoms with E-state index in [0.29, 0.717) is 53.5 Å². The van der Waals surface area contributed by atoms with Gasteiger partial charge in [-0.2, -0.15) is 4.68 Å². The van der Waals surface area contributed by atoms with E-state index in [2.05, 4.69) is 31.5 Å². The Morgan fingerprint density at radius 3 is 2.44 bits per heavy atom. The van der Waals surface area contributed by atoms with Gasteiger partial charge in [0.15, 0.2) is 17.3 Å². The molecule has 252 valence electrons. The highest BCUT2D eigenvalue weighted by Gasteiger charge is 2.30. The molecule has 13 heteroatoms. The Morgan fingerprint density at radius 1 is 1.02 bits per heavy atom. The van der Waals surface area contributed by atoms with Crippen LogP contribution in [0.3, 0.4) is 0 Å². The van der Waals surface area contributed by atoms with Crippen LogP contribution in [0.2, 0.25) is 0 Å². The van der Waals surface area contributed by atoms with Gasteiger partial charge >= 0.3 is 0 Å². The Labute approximate surface area is 279 Å². The van der Waals surface area contributed by atoms with Gasteiger partial charge in [0, 0.05) is 12.5 Å². The first-order chi connectivity index (χ1) is 23.2. The van der Waals surface area contributed by atoms with Crippen LogP contribution in [0.5, 0.6) is 17.2 Å². The molecule has 48 heavy (non-hydrogen) atoms. The van der Waals surface area contributed by atoms with Crippen LogP contribution in [-0.4, -0.2) is 59.4 Å². The van der Waals surface area contributed by atoms with E-state index in [-0.39, 0.29) is 35.4 Å². The summed E-state index contributed by atoms with van der Waals surface area (Å²) in [5.74, 6) is 1.19. The second-order valence-electron chi connectivity index (χ2n) is 11.7. The zero-order valence-corrected chi connectivity index (χ0v) is 28.0. The zero-order chi connectivity index (χ0) is 34.4. The molecule has 0 fully saturated rings. The van der Waals surface area contributed by atoms with E-state index < -0.39 is 12.1 Å². The van der Waals surface area contributed by atoms with Crippen molar-refractivity contribution in [2.24, 2.45) is 5.92 Å². The Morgan fingerprint density at radius 2 is 1.77 bits per heavy atom. The normalized spacial score (nSPS) is 14.8. The van der Waals surface area contributed by atoms with E-state index in [1.807, 2.05) is 56.3 Å². The fraction of sp³-hybridized carbons (Fsp3) is 0.371. The summed E-state index contributed by atoms with van der Waals surface area (Å²) >= 11 is 0. The minimum Gasteiger partial charge on any atom is -0.493 e. The largest absolute Gasteiger partial charge is 0.493 e. The minimum absolute atomic E-state index is 0.0801. The predicted octanol–water partition coefficient (Wildman–Crippen LogP) is 3.98. The van der Waals surface area contributed by atoms with E-state index >= 15 is 0 Å². The Hall–Kier alpha value is -5.46. The quantitative estimate of drug-likeness (QED) is 0.204. The summed E-state index contributed by atoms with van der Waals surface area (Å²) in [4.78, 5) is 39.9. The molecule has 0 aliphatic heterocycles. The van der Waals surface area contributed by atoms with Crippen LogP contribution < -0.4 is 35.6 Å². The fourth-order valence-corrected chi connectivity index (χ4v) is 6.06. The molecule has 1 aliphatic rings. The van der Waals surface area contributed by atoms with Gasteiger partial charge < -0.3 is 30.2 Å². The molecule has 0 saturated heterocycles. The number of benzene rings is 2. The van der Waals surface area contributed by atoms with Crippen molar-refractivity contribution in [1.82, 2.24) is 30.8 Å². The van der Waals surface area contributed by atoms with Crippen molar-refractivity contribution >= 4 is 17.5 Å². The van der Waals surface area contributed by atoms with E-state index in [0.717, 1.165) is 16.8 Å². The van der Waals surface area contributed by atoms with Crippen LogP contribution in [-0.2, 0) is 22.6 Å². The number of aryl methyl sites for hydroxylation is 1. The zero-order valence-electron chi connectivity index (χ0n) is 28.0. The minimum atomic E-state index is -0.747. The Kier molecular flexibility index (Phi) is 10.6. The first-order valence-corrected chi connectivity index (χ1v) is 15.8. The molecule has 0 saturated carbocycles. The van der Waals surface area contributed by atoms with Crippen molar-refractivity contribution in [2.45, 2.75) is 58.7 Å². The standard InChI is InChI=1S/C35H41N7O6/c1-7-20(2)32(35(45)36-19-30-39-40-41-42(30)23-11-9-8-10-12-23)38-27-16-14-24-25(18-28(27)44)26(37-21(3)43)15-13-22-17-29(46-4)33(47-5)34(48-6)31(22)24/h8-12,14,16-18,20,26,32H,7,13,15,19H2,1-6H3,(H,36,45)(H,37,43)(H,38,44)/t20-,26+,32+/m0/s1. The molecule has 0 spiro atoms. The second-order valence-corrected chi connectivity index (χ2v) is 11.7. The Bertz CT molecular complexity index is 1850. The molecular formula is C35H41N7O6. The number of methoxy groups -OCH3 is 3. The highest BCUT2D eigenvalue weighted by atomic mass is 16.5. The first-order valence-electron chi connectivity index (χ1n) is 15.8. The molecule has 4 aromatic rings. The maximum absolute atomic E-state index is 13.9. The van der Waals surface area contributed by atoms with Crippen molar-refractivity contribution in [1.29, 1.82) is 0 Å². The van der Waals surface area contributed by atoms with E-state index in [4.69, 9.17) is 14.2 Å². The number of anilines is 1. The van der Waals surface area contributed by atoms with Crippen molar-refractivity contribution in [2.75, 3.05) is 26.6 Å². The molecule has 1 aliphatic carbocycles. The average molecular weight is 656 g/mol. The smallest absolute Gasteiger partial charge is 0.243 e. The number of tetrazole rings is 1. The van der Waals surface area contributed by atoms with Crippen LogP contribution in [0, 0.1) is 5.92 Å². The number of amides is 2. The van der Waals surface area contributed by atoms with E-state index in [9.17, 15) is 14.4 Å². The number of aromatic nitrogens is 4. The maximum atomic E-state index is 13.9. The molecule has 5 rings (SSSR count). The number of ether oxygens (including phenoxy) is 3. The lowest BCUT2D eigenvalue weighted by molar-refractivity contribution is -0.123. The average Bonchev–Trinajstić information content (AvgIpc) is 3.45. The molecule has 0 radical (unpaired) electrons. The molecule has 3 atom stereocenters. The van der Waals surface area contributed by atoms with Crippen LogP contribution in [0.4, 0.5) is 5.69 Å². The number of carbonyl (C=O) groups excluding carboxylic acids is 2. The first kappa shape index (κ1) is 33.9. The number of hydrogen-bond acceptors (Lipinski definition) is 10. The SMILES string of the molecule is CC[C@H](C)[C@@H](Nc1ccc2c(cc1=O)[C@H](NC(C)=O)CCc1cc(OC)c(OC)c(OC)c1-2)C(=O)NCc1nnnn1-c1ccccc1. The topological polar surface area (TPSA) is 159 Å². The number of fused-ring (bicyclic) bond motifs is 3. The number of carbonyl (C=O) groups is 2. The van der Waals surface area contributed by atoms with Gasteiger partial charge in [0.25, 0.3) is 0 Å². The molecule has 3 N–H and O–H groups in total. The van der Waals surface area contributed by atoms with Gasteiger partial charge in [-0.3, -0.25) is 14.4 Å². The van der Waals surface area contributed by atoms with Gasteiger partial charge in [-0.05, 0) is 76.2 Å². The molecular weight excluding hydrogens is 614 g/mol. The summed E-state index contributed by atoms with van der Waals surface area (Å²) < 4.78 is 18.7. The highest BCUT2D eigenvalue weighted by molar-refractivity contribution is 5.86. The van der Waals surface area contributed by atoms with Gasteiger partial charge in [0.1, 0.15) is 6.04 Å². The van der Waals surface area contributed by atoms with Gasteiger partial charge in [0.05, 0.1) is 45.3 Å². The van der Waals surface area contributed by atoms with Crippen LogP contribution in [0.15, 0.2) is 59.4 Å². The fourth-order valence-electron chi connectivity index (χ4n) is 6.06. The van der Waals surface area contributed by atoms with Crippen molar-refractivity contribution in [3.8, 4) is 34.1 Å². The monoisotopic (exact) mass is 655 g/mol. The lowest BCUT2D eigenvalue weighted by Crippen LogP contribution is -2.44. The van der Waals surface area contributed by atoms with Gasteiger partial charge in [-0.15, -0.1) is 5.10 Å². The summed E-state index contributed by atoms with van der Waals surface area (Å²) in [5.41, 5.74) is 3.66. The maximum Gasteiger partial charge on any atom is 0.243 e. The summed E-state index contributed by atoms with van der Waals surface area (Å²) in [6.07, 6.45) is 1.79. The van der Waals surface area contributed by atoms with Gasteiger partial charge in [-0.1, -0.05) is 44.5 Å². The second kappa shape index (κ2) is 15.0. The third-order valence-corrected chi connectivity index (χ3v) is 8.68. The number of para-hydroxylation sites is 1. The van der Waals surface area contributed by atoms with E-state index in [1.54, 1.807) is 25.0 Å². The van der Waals surface area contributed by atoms with Crippen molar-refractivity contribution in [3.63, 3.8) is 0 Å². The summed E-state index contributed by atoms with van der Waals surface area (Å²) in [6.45, 7) is 5.46. The van der Waals surface area contributed by atoms with Crippen LogP contribution in [0.1, 0.15) is 56.6 Å². The van der Waals surface area contributed by atoms with Crippen LogP contribution >= 0.6 is 0 Å². The molecule has 1 heterocycles. The Balaban J connectivity index is 1.53.